The topological polar surface area (TPSA) is 84.3 Å². The SMILES string of the molecule is COc1ccc(Cc2nc(NC3CC3)cc(C(=O)O)n2)cc1. The average Bonchev–Trinajstić information content (AvgIpc) is 3.31. The maximum atomic E-state index is 11.2. The van der Waals surface area contributed by atoms with Crippen LogP contribution < -0.4 is 10.1 Å². The van der Waals surface area contributed by atoms with Crippen molar-refractivity contribution < 1.29 is 14.6 Å². The van der Waals surface area contributed by atoms with E-state index in [-0.39, 0.29) is 5.69 Å². The summed E-state index contributed by atoms with van der Waals surface area (Å²) in [5.74, 6) is 0.809. The zero-order valence-electron chi connectivity index (χ0n) is 12.2. The molecule has 0 saturated heterocycles. The molecule has 3 rings (SSSR count). The van der Waals surface area contributed by atoms with Gasteiger partial charge in [0.05, 0.1) is 7.11 Å². The molecule has 0 atom stereocenters. The van der Waals surface area contributed by atoms with Crippen LogP contribution in [0.2, 0.25) is 0 Å². The molecular weight excluding hydrogens is 282 g/mol. The van der Waals surface area contributed by atoms with Crippen LogP contribution >= 0.6 is 0 Å². The number of aromatic carboxylic acids is 1. The Morgan fingerprint density at radius 3 is 2.64 bits per heavy atom. The Balaban J connectivity index is 1.83. The van der Waals surface area contributed by atoms with Crippen LogP contribution in [-0.2, 0) is 6.42 Å². The minimum atomic E-state index is -1.04. The first-order chi connectivity index (χ1) is 10.6. The third-order valence-corrected chi connectivity index (χ3v) is 3.44. The van der Waals surface area contributed by atoms with Crippen molar-refractivity contribution in [1.82, 2.24) is 9.97 Å². The van der Waals surface area contributed by atoms with Gasteiger partial charge >= 0.3 is 5.97 Å². The van der Waals surface area contributed by atoms with Gasteiger partial charge in [0.2, 0.25) is 0 Å². The van der Waals surface area contributed by atoms with Crippen molar-refractivity contribution >= 4 is 11.8 Å². The summed E-state index contributed by atoms with van der Waals surface area (Å²) in [6.45, 7) is 0. The first-order valence-corrected chi connectivity index (χ1v) is 7.15. The van der Waals surface area contributed by atoms with E-state index < -0.39 is 5.97 Å². The van der Waals surface area contributed by atoms with Crippen LogP contribution in [0.5, 0.6) is 5.75 Å². The Morgan fingerprint density at radius 1 is 1.32 bits per heavy atom. The van der Waals surface area contributed by atoms with Crippen LogP contribution in [0.4, 0.5) is 5.82 Å². The van der Waals surface area contributed by atoms with Gasteiger partial charge < -0.3 is 15.2 Å². The van der Waals surface area contributed by atoms with Crippen molar-refractivity contribution in [1.29, 1.82) is 0 Å². The lowest BCUT2D eigenvalue weighted by Gasteiger charge is -2.08. The van der Waals surface area contributed by atoms with Gasteiger partial charge in [-0.1, -0.05) is 12.1 Å². The molecule has 2 aromatic rings. The van der Waals surface area contributed by atoms with E-state index in [9.17, 15) is 9.90 Å². The molecule has 1 aromatic heterocycles. The highest BCUT2D eigenvalue weighted by atomic mass is 16.5. The van der Waals surface area contributed by atoms with Gasteiger partial charge in [0.1, 0.15) is 17.4 Å². The maximum Gasteiger partial charge on any atom is 0.354 e. The molecular formula is C16H17N3O3. The molecule has 0 amide bonds. The number of methoxy groups -OCH3 is 1. The zero-order chi connectivity index (χ0) is 15.5. The molecule has 1 fully saturated rings. The lowest BCUT2D eigenvalue weighted by atomic mass is 10.1. The molecule has 1 saturated carbocycles. The van der Waals surface area contributed by atoms with Gasteiger partial charge in [-0.2, -0.15) is 0 Å². The van der Waals surface area contributed by atoms with E-state index in [4.69, 9.17) is 4.74 Å². The molecule has 0 unspecified atom stereocenters. The molecule has 0 spiro atoms. The van der Waals surface area contributed by atoms with Crippen molar-refractivity contribution in [2.45, 2.75) is 25.3 Å². The predicted molar refractivity (Wildman–Crippen MR) is 81.4 cm³/mol. The molecule has 1 heterocycles. The van der Waals surface area contributed by atoms with Crippen LogP contribution in [0.3, 0.4) is 0 Å². The van der Waals surface area contributed by atoms with Crippen LogP contribution in [0.1, 0.15) is 34.7 Å². The number of hydrogen-bond acceptors (Lipinski definition) is 5. The average molecular weight is 299 g/mol. The van der Waals surface area contributed by atoms with Crippen molar-refractivity contribution in [2.75, 3.05) is 12.4 Å². The molecule has 114 valence electrons. The molecule has 22 heavy (non-hydrogen) atoms. The van der Waals surface area contributed by atoms with Crippen LogP contribution in [0, 0.1) is 0 Å². The molecule has 0 aliphatic heterocycles. The van der Waals surface area contributed by atoms with Crippen LogP contribution in [0.15, 0.2) is 30.3 Å². The summed E-state index contributed by atoms with van der Waals surface area (Å²) in [4.78, 5) is 19.7. The Hall–Kier alpha value is -2.63. The van der Waals surface area contributed by atoms with E-state index in [0.717, 1.165) is 24.2 Å². The number of rotatable bonds is 6. The summed E-state index contributed by atoms with van der Waals surface area (Å²) in [5.41, 5.74) is 1.02. The summed E-state index contributed by atoms with van der Waals surface area (Å²) in [6, 6.07) is 9.45. The molecule has 0 radical (unpaired) electrons. The summed E-state index contributed by atoms with van der Waals surface area (Å²) < 4.78 is 5.12. The number of benzene rings is 1. The van der Waals surface area contributed by atoms with E-state index in [1.54, 1.807) is 7.11 Å². The summed E-state index contributed by atoms with van der Waals surface area (Å²) in [7, 11) is 1.62. The number of carboxylic acid groups (broad SMARTS) is 1. The number of nitrogens with one attached hydrogen (secondary N) is 1. The molecule has 0 bridgehead atoms. The van der Waals surface area contributed by atoms with E-state index in [1.165, 1.54) is 6.07 Å². The summed E-state index contributed by atoms with van der Waals surface area (Å²) in [5, 5.41) is 12.4. The van der Waals surface area contributed by atoms with Crippen molar-refractivity contribution in [3.05, 3.63) is 47.4 Å². The normalized spacial score (nSPS) is 13.7. The second-order valence-corrected chi connectivity index (χ2v) is 5.30. The monoisotopic (exact) mass is 299 g/mol. The number of carboxylic acids is 1. The van der Waals surface area contributed by atoms with E-state index in [0.29, 0.717) is 24.1 Å². The largest absolute Gasteiger partial charge is 0.497 e. The Morgan fingerprint density at radius 2 is 2.05 bits per heavy atom. The van der Waals surface area contributed by atoms with Gasteiger partial charge in [0, 0.05) is 18.5 Å². The van der Waals surface area contributed by atoms with Crippen molar-refractivity contribution in [2.24, 2.45) is 0 Å². The second-order valence-electron chi connectivity index (χ2n) is 5.30. The number of carbonyl (C=O) groups is 1. The molecule has 6 nitrogen and oxygen atoms in total. The van der Waals surface area contributed by atoms with Gasteiger partial charge in [0.15, 0.2) is 5.69 Å². The third-order valence-electron chi connectivity index (χ3n) is 3.44. The molecule has 1 aliphatic carbocycles. The fraction of sp³-hybridized carbons (Fsp3) is 0.312. The highest BCUT2D eigenvalue weighted by Crippen LogP contribution is 2.24. The van der Waals surface area contributed by atoms with Crippen molar-refractivity contribution in [3.63, 3.8) is 0 Å². The van der Waals surface area contributed by atoms with E-state index in [1.807, 2.05) is 24.3 Å². The Bertz CT molecular complexity index is 682. The number of nitrogens with zero attached hydrogens (tertiary/aromatic N) is 2. The first kappa shape index (κ1) is 14.3. The molecule has 1 aromatic carbocycles. The summed E-state index contributed by atoms with van der Waals surface area (Å²) >= 11 is 0. The molecule has 2 N–H and O–H groups in total. The maximum absolute atomic E-state index is 11.2. The standard InChI is InChI=1S/C16H17N3O3/c1-22-12-6-2-10(3-7-12)8-14-18-13(16(20)21)9-15(19-14)17-11-4-5-11/h2-3,6-7,9,11H,4-5,8H2,1H3,(H,20,21)(H,17,18,19). The lowest BCUT2D eigenvalue weighted by Crippen LogP contribution is -2.11. The van der Waals surface area contributed by atoms with Gasteiger partial charge in [-0.25, -0.2) is 14.8 Å². The number of ether oxygens (including phenoxy) is 1. The van der Waals surface area contributed by atoms with E-state index in [2.05, 4.69) is 15.3 Å². The zero-order valence-corrected chi connectivity index (χ0v) is 12.2. The Labute approximate surface area is 128 Å². The number of hydrogen-bond donors (Lipinski definition) is 2. The molecule has 6 heteroatoms. The quantitative estimate of drug-likeness (QED) is 0.851. The minimum Gasteiger partial charge on any atom is -0.497 e. The molecule has 1 aliphatic rings. The third kappa shape index (κ3) is 3.52. The van der Waals surface area contributed by atoms with Gasteiger partial charge in [0.25, 0.3) is 0 Å². The smallest absolute Gasteiger partial charge is 0.354 e. The van der Waals surface area contributed by atoms with Crippen LogP contribution in [-0.4, -0.2) is 34.2 Å². The Kier molecular flexibility index (Phi) is 3.91. The van der Waals surface area contributed by atoms with Gasteiger partial charge in [-0.05, 0) is 30.5 Å². The fourth-order valence-electron chi connectivity index (χ4n) is 2.12. The minimum absolute atomic E-state index is 0.0154. The predicted octanol–water partition coefficient (Wildman–Crippen LogP) is 2.35. The second kappa shape index (κ2) is 6.01. The first-order valence-electron chi connectivity index (χ1n) is 7.15. The highest BCUT2D eigenvalue weighted by molar-refractivity contribution is 5.86. The highest BCUT2D eigenvalue weighted by Gasteiger charge is 2.22. The van der Waals surface area contributed by atoms with Gasteiger partial charge in [-0.3, -0.25) is 0 Å². The fourth-order valence-corrected chi connectivity index (χ4v) is 2.12. The number of anilines is 1. The van der Waals surface area contributed by atoms with Crippen molar-refractivity contribution in [3.8, 4) is 5.75 Å². The summed E-state index contributed by atoms with van der Waals surface area (Å²) in [6.07, 6.45) is 2.67. The lowest BCUT2D eigenvalue weighted by molar-refractivity contribution is 0.0690. The van der Waals surface area contributed by atoms with E-state index >= 15 is 0 Å². The van der Waals surface area contributed by atoms with Crippen LogP contribution in [0.25, 0.3) is 0 Å². The van der Waals surface area contributed by atoms with Gasteiger partial charge in [-0.15, -0.1) is 0 Å². The number of aromatic nitrogens is 2.